The molecule has 0 radical (unpaired) electrons. The maximum Gasteiger partial charge on any atom is 0.246 e. The van der Waals surface area contributed by atoms with E-state index < -0.39 is 59.2 Å². The van der Waals surface area contributed by atoms with Crippen LogP contribution in [0.1, 0.15) is 90.4 Å². The van der Waals surface area contributed by atoms with E-state index in [0.717, 1.165) is 11.1 Å². The van der Waals surface area contributed by atoms with E-state index >= 15 is 0 Å². The summed E-state index contributed by atoms with van der Waals surface area (Å²) >= 11 is 3.29. The second-order valence-electron chi connectivity index (χ2n) is 19.4. The van der Waals surface area contributed by atoms with E-state index in [0.29, 0.717) is 37.2 Å². The highest BCUT2D eigenvalue weighted by Gasteiger charge is 2.56. The van der Waals surface area contributed by atoms with Crippen molar-refractivity contribution in [2.24, 2.45) is 10.8 Å². The number of amides is 6. The van der Waals surface area contributed by atoms with E-state index in [9.17, 15) is 28.8 Å². The van der Waals surface area contributed by atoms with E-state index in [1.165, 1.54) is 0 Å². The molecule has 18 heteroatoms. The SMILES string of the molecule is CN[C@@H](C)C(=O)N[C@H]1CCS[C@H]2CC(C)(C)[C@@H](C(=O)N[C@H](COCC#CCOC[C@@H](NC(=O)[C@H]3N4C(=O)[C@@H](NC(=O)[C@H](C)NC)CCS[C@H]4CC3(C)C)c3ccccc3)c3ccccc3)N2C1=O. The normalized spacial score (nSPS) is 25.8. The fourth-order valence-corrected chi connectivity index (χ4v) is 12.6. The van der Waals surface area contributed by atoms with E-state index in [1.54, 1.807) is 61.3 Å². The summed E-state index contributed by atoms with van der Waals surface area (Å²) in [6.07, 6.45) is 2.23. The molecule has 16 nitrogen and oxygen atoms in total. The lowest BCUT2D eigenvalue weighted by atomic mass is 9.83. The molecule has 0 bridgehead atoms. The molecule has 0 aromatic heterocycles. The van der Waals surface area contributed by atoms with Gasteiger partial charge in [-0.25, -0.2) is 0 Å². The Morgan fingerprint density at radius 3 is 1.37 bits per heavy atom. The van der Waals surface area contributed by atoms with Crippen LogP contribution in [0.5, 0.6) is 0 Å². The third-order valence-electron chi connectivity index (χ3n) is 13.5. The van der Waals surface area contributed by atoms with Crippen molar-refractivity contribution in [2.45, 2.75) is 126 Å². The predicted molar refractivity (Wildman–Crippen MR) is 265 cm³/mol. The average Bonchev–Trinajstić information content (AvgIpc) is 3.64. The number of thioether (sulfide) groups is 2. The molecule has 2 aromatic carbocycles. The Bertz CT molecular complexity index is 2010. The van der Waals surface area contributed by atoms with Crippen LogP contribution in [0.3, 0.4) is 0 Å². The van der Waals surface area contributed by atoms with Gasteiger partial charge in [-0.15, -0.1) is 23.5 Å². The molecule has 2 aromatic rings. The fraction of sp³-hybridized carbons (Fsp3) is 0.600. The van der Waals surface area contributed by atoms with Crippen LogP contribution in [-0.4, -0.2) is 144 Å². The lowest BCUT2D eigenvalue weighted by Gasteiger charge is -2.35. The topological polar surface area (TPSA) is 200 Å². The smallest absolute Gasteiger partial charge is 0.246 e. The molecule has 4 aliphatic rings. The molecule has 6 rings (SSSR count). The molecule has 10 atom stereocenters. The van der Waals surface area contributed by atoms with Gasteiger partial charge in [0.1, 0.15) is 37.4 Å². The van der Waals surface area contributed by atoms with Gasteiger partial charge in [-0.2, -0.15) is 0 Å². The second-order valence-corrected chi connectivity index (χ2v) is 22.0. The summed E-state index contributed by atoms with van der Waals surface area (Å²) in [5, 5.41) is 17.7. The molecule has 68 heavy (non-hydrogen) atoms. The molecule has 0 unspecified atom stereocenters. The molecule has 0 spiro atoms. The largest absolute Gasteiger partial charge is 0.366 e. The average molecular weight is 975 g/mol. The minimum atomic E-state index is -0.768. The van der Waals surface area contributed by atoms with Crippen LogP contribution in [0.25, 0.3) is 0 Å². The number of carbonyl (C=O) groups excluding carboxylic acids is 6. The highest BCUT2D eigenvalue weighted by Crippen LogP contribution is 2.48. The molecule has 4 aliphatic heterocycles. The Labute approximate surface area is 410 Å². The van der Waals surface area contributed by atoms with E-state index in [2.05, 4.69) is 43.7 Å². The Balaban J connectivity index is 1.06. The van der Waals surface area contributed by atoms with E-state index in [1.807, 2.05) is 88.4 Å². The molecule has 4 saturated heterocycles. The number of hydrogen-bond acceptors (Lipinski definition) is 12. The number of nitrogens with one attached hydrogen (secondary N) is 6. The van der Waals surface area contributed by atoms with Crippen LogP contribution in [0.15, 0.2) is 60.7 Å². The lowest BCUT2D eigenvalue weighted by Crippen LogP contribution is -2.58. The van der Waals surface area contributed by atoms with Crippen molar-refractivity contribution in [3.05, 3.63) is 71.8 Å². The van der Waals surface area contributed by atoms with Crippen molar-refractivity contribution < 1.29 is 38.2 Å². The maximum atomic E-state index is 14.4. The summed E-state index contributed by atoms with van der Waals surface area (Å²) in [4.78, 5) is 86.0. The van der Waals surface area contributed by atoms with Crippen molar-refractivity contribution in [3.63, 3.8) is 0 Å². The number of hydrogen-bond donors (Lipinski definition) is 6. The first kappa shape index (κ1) is 52.7. The van der Waals surface area contributed by atoms with Crippen LogP contribution in [0, 0.1) is 22.7 Å². The molecular formula is C50H70N8O8S2. The van der Waals surface area contributed by atoms with Crippen molar-refractivity contribution in [2.75, 3.05) is 52.0 Å². The monoisotopic (exact) mass is 974 g/mol. The van der Waals surface area contributed by atoms with Gasteiger partial charge in [-0.1, -0.05) is 100 Å². The number of likely N-dealkylation sites (N-methyl/N-ethyl adjacent to an activating group) is 2. The number of fused-ring (bicyclic) bond motifs is 2. The fourth-order valence-electron chi connectivity index (χ4n) is 9.43. The minimum Gasteiger partial charge on any atom is -0.366 e. The Morgan fingerprint density at radius 1 is 0.647 bits per heavy atom. The van der Waals surface area contributed by atoms with Gasteiger partial charge in [-0.3, -0.25) is 28.8 Å². The number of ether oxygens (including phenoxy) is 2. The summed E-state index contributed by atoms with van der Waals surface area (Å²) < 4.78 is 12.1. The van der Waals surface area contributed by atoms with Crippen LogP contribution in [-0.2, 0) is 38.2 Å². The Morgan fingerprint density at radius 2 is 1.01 bits per heavy atom. The van der Waals surface area contributed by atoms with Crippen LogP contribution in [0.2, 0.25) is 0 Å². The standard InChI is InChI=1S/C50H70N8O8S2/c1-31(51-7)43(59)53-35-21-25-67-39-27-49(3,4)41(57(39)47(35)63)45(61)55-37(33-17-11-9-12-18-33)29-65-23-15-16-24-66-30-38(34-19-13-10-14-20-34)56-46(62)42-50(5,6)28-40-58(42)48(64)36(22-26-68-40)54-44(60)32(2)52-8/h9-14,17-20,31-32,35-42,51-52H,21-30H2,1-8H3,(H,53,59)(H,54,60)(H,55,61)(H,56,62)/t31-,32-,35-,36-,37+,38+,39-,40-,41+,42+/m0/s1. The molecule has 4 heterocycles. The predicted octanol–water partition coefficient (Wildman–Crippen LogP) is 3.10. The number of rotatable bonds is 18. The summed E-state index contributed by atoms with van der Waals surface area (Å²) in [6.45, 7) is 11.8. The van der Waals surface area contributed by atoms with Gasteiger partial charge in [0.15, 0.2) is 0 Å². The summed E-state index contributed by atoms with van der Waals surface area (Å²) in [7, 11) is 3.38. The lowest BCUT2D eigenvalue weighted by molar-refractivity contribution is -0.144. The third kappa shape index (κ3) is 12.8. The van der Waals surface area contributed by atoms with Gasteiger partial charge in [0.05, 0.1) is 48.1 Å². The highest BCUT2D eigenvalue weighted by molar-refractivity contribution is 8.00. The first-order valence-corrected chi connectivity index (χ1v) is 25.7. The zero-order valence-corrected chi connectivity index (χ0v) is 42.2. The molecular weight excluding hydrogens is 905 g/mol. The number of benzene rings is 2. The number of nitrogens with zero attached hydrogens (tertiary/aromatic N) is 2. The molecule has 6 N–H and O–H groups in total. The van der Waals surface area contributed by atoms with Gasteiger partial charge in [0.25, 0.3) is 0 Å². The number of carbonyl (C=O) groups is 6. The quantitative estimate of drug-likeness (QED) is 0.0945. The second kappa shape index (κ2) is 23.8. The van der Waals surface area contributed by atoms with Crippen molar-refractivity contribution in [3.8, 4) is 11.8 Å². The van der Waals surface area contributed by atoms with Crippen LogP contribution >= 0.6 is 23.5 Å². The third-order valence-corrected chi connectivity index (χ3v) is 16.0. The summed E-state index contributed by atoms with van der Waals surface area (Å²) in [5.74, 6) is 5.74. The zero-order chi connectivity index (χ0) is 49.2. The maximum absolute atomic E-state index is 14.4. The van der Waals surface area contributed by atoms with Crippen molar-refractivity contribution >= 4 is 59.0 Å². The van der Waals surface area contributed by atoms with Crippen molar-refractivity contribution in [1.82, 2.24) is 41.7 Å². The molecule has 370 valence electrons. The summed E-state index contributed by atoms with van der Waals surface area (Å²) in [5.41, 5.74) is 0.603. The highest BCUT2D eigenvalue weighted by atomic mass is 32.2. The van der Waals surface area contributed by atoms with Crippen molar-refractivity contribution in [1.29, 1.82) is 0 Å². The molecule has 0 saturated carbocycles. The van der Waals surface area contributed by atoms with Gasteiger partial charge >= 0.3 is 0 Å². The van der Waals surface area contributed by atoms with E-state index in [4.69, 9.17) is 9.47 Å². The first-order chi connectivity index (χ1) is 32.5. The summed E-state index contributed by atoms with van der Waals surface area (Å²) in [6, 6.07) is 14.0. The molecule has 6 amide bonds. The molecule has 4 fully saturated rings. The van der Waals surface area contributed by atoms with E-state index in [-0.39, 0.29) is 72.6 Å². The van der Waals surface area contributed by atoms with Crippen LogP contribution in [0.4, 0.5) is 0 Å². The minimum absolute atomic E-state index is 0.0567. The molecule has 0 aliphatic carbocycles. The van der Waals surface area contributed by atoms with Gasteiger partial charge in [0, 0.05) is 0 Å². The zero-order valence-electron chi connectivity index (χ0n) is 40.6. The van der Waals surface area contributed by atoms with Gasteiger partial charge in [0.2, 0.25) is 35.4 Å². The van der Waals surface area contributed by atoms with Gasteiger partial charge < -0.3 is 51.2 Å². The Hall–Kier alpha value is -4.64. The van der Waals surface area contributed by atoms with Gasteiger partial charge in [-0.05, 0) is 87.1 Å². The first-order valence-electron chi connectivity index (χ1n) is 23.6. The van der Waals surface area contributed by atoms with Crippen LogP contribution < -0.4 is 31.9 Å². The Kier molecular flexibility index (Phi) is 18.4.